The van der Waals surface area contributed by atoms with Crippen LogP contribution < -0.4 is 0 Å². The number of carbonyl (C=O) groups excluding carboxylic acids is 1. The lowest BCUT2D eigenvalue weighted by Gasteiger charge is -2.18. The maximum absolute atomic E-state index is 11.6. The molecule has 0 aliphatic rings. The van der Waals surface area contributed by atoms with Gasteiger partial charge < -0.3 is 0 Å². The number of hydrogen-bond donors (Lipinski definition) is 0. The highest BCUT2D eigenvalue weighted by atomic mass is 16.1. The van der Waals surface area contributed by atoms with E-state index >= 15 is 0 Å². The number of rotatable bonds is 5. The minimum absolute atomic E-state index is 0.291. The quantitative estimate of drug-likeness (QED) is 0.651. The molecule has 0 aromatic rings. The predicted octanol–water partition coefficient (Wildman–Crippen LogP) is 4.60. The van der Waals surface area contributed by atoms with Gasteiger partial charge in [0, 0.05) is 12.8 Å². The molecule has 0 bridgehead atoms. The van der Waals surface area contributed by atoms with Crippen molar-refractivity contribution in [2.75, 3.05) is 0 Å². The molecule has 0 aromatic carbocycles. The zero-order valence-electron chi connectivity index (χ0n) is 11.4. The van der Waals surface area contributed by atoms with Crippen LogP contribution in [0.5, 0.6) is 0 Å². The summed E-state index contributed by atoms with van der Waals surface area (Å²) in [6.45, 7) is 13.3. The van der Waals surface area contributed by atoms with Crippen LogP contribution in [0.4, 0.5) is 0 Å². The Morgan fingerprint density at radius 3 is 1.67 bits per heavy atom. The molecule has 0 aromatic heterocycles. The van der Waals surface area contributed by atoms with Gasteiger partial charge in [0.2, 0.25) is 0 Å². The summed E-state index contributed by atoms with van der Waals surface area (Å²) in [7, 11) is 0. The van der Waals surface area contributed by atoms with E-state index in [2.05, 4.69) is 41.5 Å². The average molecular weight is 212 g/mol. The number of Topliss-reactive ketones (excluding diaryl/α,β-unsaturated/α-hetero) is 1. The highest BCUT2D eigenvalue weighted by Gasteiger charge is 2.14. The number of carbonyl (C=O) groups is 1. The Balaban J connectivity index is 3.60. The number of ketones is 1. The summed E-state index contributed by atoms with van der Waals surface area (Å²) in [6, 6.07) is 0. The Hall–Kier alpha value is -0.330. The summed E-state index contributed by atoms with van der Waals surface area (Å²) in [5.74, 6) is 0.439. The molecule has 0 heterocycles. The van der Waals surface area contributed by atoms with Gasteiger partial charge in [-0.1, -0.05) is 41.5 Å². The van der Waals surface area contributed by atoms with Crippen molar-refractivity contribution in [2.45, 2.75) is 73.6 Å². The van der Waals surface area contributed by atoms with Crippen molar-refractivity contribution < 1.29 is 4.79 Å². The van der Waals surface area contributed by atoms with Crippen LogP contribution in [0.25, 0.3) is 0 Å². The predicted molar refractivity (Wildman–Crippen MR) is 67.0 cm³/mol. The third kappa shape index (κ3) is 11.6. The second-order valence-electron chi connectivity index (χ2n) is 7.01. The smallest absolute Gasteiger partial charge is 0.132 e. The molecule has 0 radical (unpaired) electrons. The Morgan fingerprint density at radius 1 is 0.800 bits per heavy atom. The molecule has 0 unspecified atom stereocenters. The van der Waals surface area contributed by atoms with Crippen LogP contribution in [0, 0.1) is 10.8 Å². The van der Waals surface area contributed by atoms with Gasteiger partial charge in [-0.2, -0.15) is 0 Å². The van der Waals surface area contributed by atoms with Crippen molar-refractivity contribution >= 4 is 5.78 Å². The fourth-order valence-electron chi connectivity index (χ4n) is 1.46. The average Bonchev–Trinajstić information content (AvgIpc) is 1.97. The molecule has 1 nitrogen and oxygen atoms in total. The standard InChI is InChI=1S/C14H28O/c1-13(2,3)10-7-8-12(15)9-11-14(4,5)6/h7-11H2,1-6H3. The van der Waals surface area contributed by atoms with Gasteiger partial charge in [0.05, 0.1) is 0 Å². The largest absolute Gasteiger partial charge is 0.300 e. The van der Waals surface area contributed by atoms with Gasteiger partial charge in [0.1, 0.15) is 5.78 Å². The molecule has 0 fully saturated rings. The highest BCUT2D eigenvalue weighted by Crippen LogP contribution is 2.24. The first kappa shape index (κ1) is 14.7. The lowest BCUT2D eigenvalue weighted by molar-refractivity contribution is -0.119. The normalized spacial score (nSPS) is 12.9. The van der Waals surface area contributed by atoms with E-state index in [1.165, 1.54) is 0 Å². The summed E-state index contributed by atoms with van der Waals surface area (Å²) in [5, 5.41) is 0. The molecule has 0 N–H and O–H groups in total. The molecule has 0 aliphatic carbocycles. The molecule has 1 heteroatoms. The maximum Gasteiger partial charge on any atom is 0.132 e. The summed E-state index contributed by atoms with van der Waals surface area (Å²) < 4.78 is 0. The molecule has 15 heavy (non-hydrogen) atoms. The summed E-state index contributed by atoms with van der Waals surface area (Å²) in [5.41, 5.74) is 0.657. The molecular formula is C14H28O. The van der Waals surface area contributed by atoms with Gasteiger partial charge in [-0.25, -0.2) is 0 Å². The second kappa shape index (κ2) is 5.67. The molecule has 0 saturated carbocycles. The van der Waals surface area contributed by atoms with Gasteiger partial charge in [-0.15, -0.1) is 0 Å². The van der Waals surface area contributed by atoms with Gasteiger partial charge in [0.25, 0.3) is 0 Å². The first-order valence-electron chi connectivity index (χ1n) is 6.12. The third-order valence-electron chi connectivity index (χ3n) is 2.54. The van der Waals surface area contributed by atoms with Gasteiger partial charge in [0.15, 0.2) is 0 Å². The highest BCUT2D eigenvalue weighted by molar-refractivity contribution is 5.78. The van der Waals surface area contributed by atoms with E-state index in [0.29, 0.717) is 16.6 Å². The Morgan fingerprint density at radius 2 is 1.27 bits per heavy atom. The monoisotopic (exact) mass is 212 g/mol. The summed E-state index contributed by atoms with van der Waals surface area (Å²) in [4.78, 5) is 11.6. The van der Waals surface area contributed by atoms with Crippen molar-refractivity contribution in [1.29, 1.82) is 0 Å². The molecular weight excluding hydrogens is 184 g/mol. The van der Waals surface area contributed by atoms with Gasteiger partial charge >= 0.3 is 0 Å². The zero-order chi connectivity index (χ0) is 12.1. The second-order valence-corrected chi connectivity index (χ2v) is 7.01. The first-order chi connectivity index (χ1) is 6.60. The third-order valence-corrected chi connectivity index (χ3v) is 2.54. The fraction of sp³-hybridized carbons (Fsp3) is 0.929. The van der Waals surface area contributed by atoms with Crippen LogP contribution in [0.2, 0.25) is 0 Å². The van der Waals surface area contributed by atoms with Crippen molar-refractivity contribution in [3.05, 3.63) is 0 Å². The molecule has 0 amide bonds. The lowest BCUT2D eigenvalue weighted by atomic mass is 9.87. The fourth-order valence-corrected chi connectivity index (χ4v) is 1.46. The van der Waals surface area contributed by atoms with E-state index in [1.807, 2.05) is 0 Å². The Labute approximate surface area is 95.6 Å². The van der Waals surface area contributed by atoms with Crippen molar-refractivity contribution in [1.82, 2.24) is 0 Å². The van der Waals surface area contributed by atoms with Crippen molar-refractivity contribution in [2.24, 2.45) is 10.8 Å². The SMILES string of the molecule is CC(C)(C)CCCC(=O)CCC(C)(C)C. The molecule has 90 valence electrons. The maximum atomic E-state index is 11.6. The van der Waals surface area contributed by atoms with E-state index < -0.39 is 0 Å². The molecule has 0 saturated heterocycles. The molecule has 0 aliphatic heterocycles. The summed E-state index contributed by atoms with van der Waals surface area (Å²) in [6.07, 6.45) is 4.74. The van der Waals surface area contributed by atoms with Crippen LogP contribution in [-0.2, 0) is 4.79 Å². The minimum Gasteiger partial charge on any atom is -0.300 e. The van der Waals surface area contributed by atoms with Crippen molar-refractivity contribution in [3.63, 3.8) is 0 Å². The Kier molecular flexibility index (Phi) is 5.55. The van der Waals surface area contributed by atoms with Crippen molar-refractivity contribution in [3.8, 4) is 0 Å². The van der Waals surface area contributed by atoms with E-state index in [4.69, 9.17) is 0 Å². The van der Waals surface area contributed by atoms with Gasteiger partial charge in [-0.3, -0.25) is 4.79 Å². The van der Waals surface area contributed by atoms with E-state index in [0.717, 1.165) is 32.1 Å². The minimum atomic E-state index is 0.291. The molecule has 0 rings (SSSR count). The van der Waals surface area contributed by atoms with Crippen LogP contribution in [0.15, 0.2) is 0 Å². The Bertz CT molecular complexity index is 190. The van der Waals surface area contributed by atoms with E-state index in [-0.39, 0.29) is 0 Å². The first-order valence-corrected chi connectivity index (χ1v) is 6.12. The van der Waals surface area contributed by atoms with Gasteiger partial charge in [-0.05, 0) is 30.1 Å². The lowest BCUT2D eigenvalue weighted by Crippen LogP contribution is -2.10. The topological polar surface area (TPSA) is 17.1 Å². The number of hydrogen-bond acceptors (Lipinski definition) is 1. The van der Waals surface area contributed by atoms with Crippen LogP contribution in [0.3, 0.4) is 0 Å². The summed E-state index contributed by atoms with van der Waals surface area (Å²) >= 11 is 0. The van der Waals surface area contributed by atoms with Crippen LogP contribution >= 0.6 is 0 Å². The van der Waals surface area contributed by atoms with E-state index in [9.17, 15) is 4.79 Å². The zero-order valence-corrected chi connectivity index (χ0v) is 11.4. The van der Waals surface area contributed by atoms with Crippen LogP contribution in [0.1, 0.15) is 73.6 Å². The van der Waals surface area contributed by atoms with Crippen LogP contribution in [-0.4, -0.2) is 5.78 Å². The van der Waals surface area contributed by atoms with E-state index in [1.54, 1.807) is 0 Å². The molecule has 0 atom stereocenters. The molecule has 0 spiro atoms.